The van der Waals surface area contributed by atoms with Gasteiger partial charge in [0.05, 0.1) is 32.3 Å². The Balaban J connectivity index is 2.21. The van der Waals surface area contributed by atoms with E-state index >= 15 is 0 Å². The fourth-order valence-corrected chi connectivity index (χ4v) is 4.14. The molecule has 0 aliphatic heterocycles. The smallest absolute Gasteiger partial charge is 0.206 e. The number of halogens is 3. The quantitative estimate of drug-likeness (QED) is 0.443. The van der Waals surface area contributed by atoms with Gasteiger partial charge in [0, 0.05) is 0 Å². The summed E-state index contributed by atoms with van der Waals surface area (Å²) in [5.74, 6) is 0.362. The molecule has 2 atom stereocenters. The first-order chi connectivity index (χ1) is 13.7. The molecule has 0 saturated carbocycles. The maximum absolute atomic E-state index is 12.9. The number of hydrogen-bond acceptors (Lipinski definition) is 7. The van der Waals surface area contributed by atoms with E-state index < -0.39 is 28.7 Å². The standard InChI is InChI=1S/C18H19Cl3O7S/c19-7-11(23)9-27-17-3-1-13(5-15(17)20)29(25,26)14-2-4-18(16(21)6-14)28-10-12(24)8-22/h1-6,11-12,22-24H,7-10H2/t11-,12+/m1/s1. The van der Waals surface area contributed by atoms with Crippen LogP contribution >= 0.6 is 34.8 Å². The third-order valence-electron chi connectivity index (χ3n) is 3.68. The lowest BCUT2D eigenvalue weighted by molar-refractivity contribution is 0.0536. The van der Waals surface area contributed by atoms with Crippen LogP contribution in [0.4, 0.5) is 0 Å². The van der Waals surface area contributed by atoms with Crippen molar-refractivity contribution in [3.63, 3.8) is 0 Å². The zero-order chi connectivity index (χ0) is 21.6. The average molecular weight is 486 g/mol. The maximum atomic E-state index is 12.9. The van der Waals surface area contributed by atoms with Gasteiger partial charge in [-0.15, -0.1) is 11.6 Å². The van der Waals surface area contributed by atoms with Crippen molar-refractivity contribution in [2.24, 2.45) is 0 Å². The van der Waals surface area contributed by atoms with E-state index in [1.54, 1.807) is 0 Å². The summed E-state index contributed by atoms with van der Waals surface area (Å²) in [6.45, 7) is -0.759. The van der Waals surface area contributed by atoms with Crippen molar-refractivity contribution in [1.29, 1.82) is 0 Å². The molecular formula is C18H19Cl3O7S. The highest BCUT2D eigenvalue weighted by atomic mass is 35.5. The van der Waals surface area contributed by atoms with Gasteiger partial charge in [-0.3, -0.25) is 0 Å². The highest BCUT2D eigenvalue weighted by Gasteiger charge is 2.21. The van der Waals surface area contributed by atoms with E-state index in [0.29, 0.717) is 0 Å². The molecule has 0 fully saturated rings. The van der Waals surface area contributed by atoms with E-state index in [1.807, 2.05) is 0 Å². The van der Waals surface area contributed by atoms with Crippen LogP contribution in [-0.4, -0.2) is 61.6 Å². The predicted molar refractivity (Wildman–Crippen MR) is 109 cm³/mol. The summed E-state index contributed by atoms with van der Waals surface area (Å²) in [7, 11) is -3.93. The molecule has 3 N–H and O–H groups in total. The molecule has 0 heterocycles. The normalized spacial score (nSPS) is 13.7. The van der Waals surface area contributed by atoms with E-state index in [9.17, 15) is 18.6 Å². The molecule has 0 saturated heterocycles. The Hall–Kier alpha value is -1.26. The molecule has 2 aromatic carbocycles. The molecule has 0 spiro atoms. The lowest BCUT2D eigenvalue weighted by Crippen LogP contribution is -2.21. The van der Waals surface area contributed by atoms with Gasteiger partial charge < -0.3 is 24.8 Å². The molecule has 0 aromatic heterocycles. The van der Waals surface area contributed by atoms with Crippen molar-refractivity contribution in [2.45, 2.75) is 22.0 Å². The molecule has 0 unspecified atom stereocenters. The predicted octanol–water partition coefficient (Wildman–Crippen LogP) is 2.54. The van der Waals surface area contributed by atoms with Crippen LogP contribution in [-0.2, 0) is 9.84 Å². The monoisotopic (exact) mass is 484 g/mol. The number of sulfone groups is 1. The number of alkyl halides is 1. The minimum Gasteiger partial charge on any atom is -0.489 e. The number of benzene rings is 2. The summed E-state index contributed by atoms with van der Waals surface area (Å²) in [6, 6.07) is 7.80. The molecule has 0 radical (unpaired) electrons. The Morgan fingerprint density at radius 2 is 1.31 bits per heavy atom. The third-order valence-corrected chi connectivity index (χ3v) is 6.37. The van der Waals surface area contributed by atoms with Crippen LogP contribution < -0.4 is 9.47 Å². The summed E-state index contributed by atoms with van der Waals surface area (Å²) >= 11 is 17.7. The van der Waals surface area contributed by atoms with Gasteiger partial charge in [-0.25, -0.2) is 8.42 Å². The number of rotatable bonds is 10. The van der Waals surface area contributed by atoms with Gasteiger partial charge in [-0.05, 0) is 36.4 Å². The molecule has 2 rings (SSSR count). The fourth-order valence-electron chi connectivity index (χ4n) is 2.14. The Morgan fingerprint density at radius 1 is 0.862 bits per heavy atom. The minimum atomic E-state index is -3.93. The van der Waals surface area contributed by atoms with Gasteiger partial charge in [0.15, 0.2) is 0 Å². The molecule has 0 amide bonds. The molecule has 160 valence electrons. The van der Waals surface area contributed by atoms with Crippen molar-refractivity contribution in [1.82, 2.24) is 0 Å². The van der Waals surface area contributed by atoms with Crippen LogP contribution in [0.5, 0.6) is 11.5 Å². The second-order valence-electron chi connectivity index (χ2n) is 5.95. The lowest BCUT2D eigenvalue weighted by atomic mass is 10.3. The fraction of sp³-hybridized carbons (Fsp3) is 0.333. The first-order valence-corrected chi connectivity index (χ1v) is 11.1. The van der Waals surface area contributed by atoms with E-state index in [2.05, 4.69) is 0 Å². The van der Waals surface area contributed by atoms with Gasteiger partial charge in [-0.1, -0.05) is 23.2 Å². The highest BCUT2D eigenvalue weighted by Crippen LogP contribution is 2.33. The summed E-state index contributed by atoms with van der Waals surface area (Å²) in [5, 5.41) is 27.6. The lowest BCUT2D eigenvalue weighted by Gasteiger charge is -2.13. The molecule has 2 aromatic rings. The Morgan fingerprint density at radius 3 is 1.69 bits per heavy atom. The first kappa shape index (κ1) is 24.0. The van der Waals surface area contributed by atoms with Crippen LogP contribution in [0.25, 0.3) is 0 Å². The highest BCUT2D eigenvalue weighted by molar-refractivity contribution is 7.91. The van der Waals surface area contributed by atoms with Crippen molar-refractivity contribution in [3.05, 3.63) is 46.4 Å². The minimum absolute atomic E-state index is 0.0104. The van der Waals surface area contributed by atoms with Gasteiger partial charge in [0.2, 0.25) is 9.84 Å². The molecule has 0 aliphatic carbocycles. The second-order valence-corrected chi connectivity index (χ2v) is 9.03. The van der Waals surface area contributed by atoms with Crippen LogP contribution in [0, 0.1) is 0 Å². The van der Waals surface area contributed by atoms with Crippen molar-refractivity contribution < 1.29 is 33.2 Å². The SMILES string of the molecule is O=S(=O)(c1ccc(OC[C@H](O)CCl)c(Cl)c1)c1ccc(OC[C@@H](O)CO)c(Cl)c1. The molecular weight excluding hydrogens is 467 g/mol. The van der Waals surface area contributed by atoms with Crippen LogP contribution in [0.2, 0.25) is 10.0 Å². The summed E-state index contributed by atoms with van der Waals surface area (Å²) < 4.78 is 36.3. The maximum Gasteiger partial charge on any atom is 0.206 e. The number of aliphatic hydroxyl groups is 3. The topological polar surface area (TPSA) is 113 Å². The van der Waals surface area contributed by atoms with Gasteiger partial charge in [0.1, 0.15) is 36.9 Å². The molecule has 11 heteroatoms. The summed E-state index contributed by atoms with van der Waals surface area (Å²) in [6.07, 6.45) is -1.96. The van der Waals surface area contributed by atoms with Crippen LogP contribution in [0.1, 0.15) is 0 Å². The van der Waals surface area contributed by atoms with E-state index in [-0.39, 0.29) is 50.4 Å². The molecule has 29 heavy (non-hydrogen) atoms. The average Bonchev–Trinajstić information content (AvgIpc) is 2.71. The van der Waals surface area contributed by atoms with Crippen molar-refractivity contribution in [2.75, 3.05) is 25.7 Å². The largest absolute Gasteiger partial charge is 0.489 e. The van der Waals surface area contributed by atoms with Gasteiger partial charge in [0.25, 0.3) is 0 Å². The van der Waals surface area contributed by atoms with Crippen molar-refractivity contribution >= 4 is 44.6 Å². The number of ether oxygens (including phenoxy) is 2. The second kappa shape index (κ2) is 10.7. The van der Waals surface area contributed by atoms with Gasteiger partial charge >= 0.3 is 0 Å². The third kappa shape index (κ3) is 6.36. The van der Waals surface area contributed by atoms with E-state index in [0.717, 1.165) is 0 Å². The summed E-state index contributed by atoms with van der Waals surface area (Å²) in [5.41, 5.74) is 0. The van der Waals surface area contributed by atoms with E-state index in [4.69, 9.17) is 49.4 Å². The molecule has 7 nitrogen and oxygen atoms in total. The Labute approximate surface area is 183 Å². The van der Waals surface area contributed by atoms with Crippen LogP contribution in [0.3, 0.4) is 0 Å². The Bertz CT molecular complexity index is 868. The van der Waals surface area contributed by atoms with Gasteiger partial charge in [-0.2, -0.15) is 0 Å². The zero-order valence-electron chi connectivity index (χ0n) is 15.0. The van der Waals surface area contributed by atoms with Crippen molar-refractivity contribution in [3.8, 4) is 11.5 Å². The molecule has 0 bridgehead atoms. The number of aliphatic hydroxyl groups excluding tert-OH is 3. The number of hydrogen-bond donors (Lipinski definition) is 3. The Kier molecular flexibility index (Phi) is 8.84. The zero-order valence-corrected chi connectivity index (χ0v) is 18.0. The molecule has 0 aliphatic rings. The first-order valence-electron chi connectivity index (χ1n) is 8.31. The van der Waals surface area contributed by atoms with E-state index in [1.165, 1.54) is 36.4 Å². The van der Waals surface area contributed by atoms with Crippen LogP contribution in [0.15, 0.2) is 46.2 Å². The summed E-state index contributed by atoms with van der Waals surface area (Å²) in [4.78, 5) is -0.159.